The molecule has 2 aromatic carbocycles. The fourth-order valence-corrected chi connectivity index (χ4v) is 2.96. The van der Waals surface area contributed by atoms with Crippen LogP contribution in [0.25, 0.3) is 5.69 Å². The van der Waals surface area contributed by atoms with Crippen LogP contribution in [0.5, 0.6) is 11.5 Å². The van der Waals surface area contributed by atoms with Crippen molar-refractivity contribution in [1.29, 1.82) is 0 Å². The number of methoxy groups -OCH3 is 1. The molecule has 162 valence electrons. The first-order valence-electron chi connectivity index (χ1n) is 10.1. The van der Waals surface area contributed by atoms with Crippen LogP contribution in [0.4, 0.5) is 5.69 Å². The summed E-state index contributed by atoms with van der Waals surface area (Å²) in [4.78, 5) is 12.6. The molecular weight excluding hydrogens is 416 g/mol. The van der Waals surface area contributed by atoms with E-state index in [1.807, 2.05) is 24.3 Å². The van der Waals surface area contributed by atoms with Gasteiger partial charge >= 0.3 is 0 Å². The quantitative estimate of drug-likeness (QED) is 0.275. The number of hydrogen-bond acceptors (Lipinski definition) is 6. The van der Waals surface area contributed by atoms with Gasteiger partial charge in [0.25, 0.3) is 5.56 Å². The largest absolute Gasteiger partial charge is 0.497 e. The highest BCUT2D eigenvalue weighted by atomic mass is 35.5. The number of hydrogen-bond donors (Lipinski definition) is 1. The molecule has 1 heterocycles. The summed E-state index contributed by atoms with van der Waals surface area (Å²) < 4.78 is 12.0. The number of nitrogens with zero attached hydrogens (tertiary/aromatic N) is 3. The topological polar surface area (TPSA) is 77.7 Å². The molecule has 0 amide bonds. The number of hydrazone groups is 1. The molecule has 0 aliphatic rings. The maximum atomic E-state index is 12.6. The van der Waals surface area contributed by atoms with Gasteiger partial charge in [-0.1, -0.05) is 31.4 Å². The van der Waals surface area contributed by atoms with Gasteiger partial charge in [-0.05, 0) is 60.5 Å². The van der Waals surface area contributed by atoms with Crippen molar-refractivity contribution in [3.8, 4) is 17.2 Å². The SMILES string of the molecule is CCCCCOc1ccc(/C=N\Nc2cnn(-c3ccc(OC)cc3)c(=O)c2Cl)cc1. The zero-order chi connectivity index (χ0) is 22.1. The van der Waals surface area contributed by atoms with Gasteiger partial charge in [-0.3, -0.25) is 10.2 Å². The fraction of sp³-hybridized carbons (Fsp3) is 0.261. The summed E-state index contributed by atoms with van der Waals surface area (Å²) in [5.41, 5.74) is 4.11. The molecule has 7 nitrogen and oxygen atoms in total. The van der Waals surface area contributed by atoms with E-state index in [1.54, 1.807) is 37.6 Å². The van der Waals surface area contributed by atoms with E-state index in [-0.39, 0.29) is 5.02 Å². The Kier molecular flexibility index (Phi) is 8.06. The Morgan fingerprint density at radius 2 is 1.81 bits per heavy atom. The molecule has 0 saturated carbocycles. The number of rotatable bonds is 10. The summed E-state index contributed by atoms with van der Waals surface area (Å²) in [6.45, 7) is 2.88. The lowest BCUT2D eigenvalue weighted by Crippen LogP contribution is -2.22. The molecule has 0 fully saturated rings. The summed E-state index contributed by atoms with van der Waals surface area (Å²) in [5, 5.41) is 8.32. The summed E-state index contributed by atoms with van der Waals surface area (Å²) in [6.07, 6.45) is 6.47. The van der Waals surface area contributed by atoms with Crippen molar-refractivity contribution in [2.24, 2.45) is 5.10 Å². The molecule has 0 aliphatic carbocycles. The number of halogens is 1. The molecule has 0 radical (unpaired) electrons. The average molecular weight is 441 g/mol. The van der Waals surface area contributed by atoms with Gasteiger partial charge in [0, 0.05) is 0 Å². The minimum absolute atomic E-state index is 0.00112. The van der Waals surface area contributed by atoms with Gasteiger partial charge < -0.3 is 9.47 Å². The summed E-state index contributed by atoms with van der Waals surface area (Å²) >= 11 is 6.23. The molecule has 0 saturated heterocycles. The van der Waals surface area contributed by atoms with E-state index >= 15 is 0 Å². The predicted molar refractivity (Wildman–Crippen MR) is 124 cm³/mol. The number of nitrogens with one attached hydrogen (secondary N) is 1. The van der Waals surface area contributed by atoms with Crippen molar-refractivity contribution in [3.05, 3.63) is 75.7 Å². The van der Waals surface area contributed by atoms with Crippen LogP contribution in [-0.2, 0) is 0 Å². The smallest absolute Gasteiger partial charge is 0.292 e. The van der Waals surface area contributed by atoms with Gasteiger partial charge in [0.15, 0.2) is 0 Å². The fourth-order valence-electron chi connectivity index (χ4n) is 2.79. The summed E-state index contributed by atoms with van der Waals surface area (Å²) in [6, 6.07) is 14.6. The van der Waals surface area contributed by atoms with Crippen LogP contribution < -0.4 is 20.5 Å². The van der Waals surface area contributed by atoms with Gasteiger partial charge in [0.05, 0.1) is 31.8 Å². The number of anilines is 1. The van der Waals surface area contributed by atoms with Gasteiger partial charge in [0.2, 0.25) is 0 Å². The van der Waals surface area contributed by atoms with Crippen molar-refractivity contribution in [2.75, 3.05) is 19.1 Å². The van der Waals surface area contributed by atoms with Gasteiger partial charge in [0.1, 0.15) is 22.2 Å². The highest BCUT2D eigenvalue weighted by Gasteiger charge is 2.10. The van der Waals surface area contributed by atoms with Crippen molar-refractivity contribution < 1.29 is 9.47 Å². The lowest BCUT2D eigenvalue weighted by Gasteiger charge is -2.08. The van der Waals surface area contributed by atoms with E-state index < -0.39 is 5.56 Å². The molecule has 0 spiro atoms. The molecule has 8 heteroatoms. The predicted octanol–water partition coefficient (Wildman–Crippen LogP) is 4.91. The van der Waals surface area contributed by atoms with Gasteiger partial charge in [-0.15, -0.1) is 0 Å². The van der Waals surface area contributed by atoms with E-state index in [2.05, 4.69) is 22.5 Å². The Labute approximate surface area is 186 Å². The lowest BCUT2D eigenvalue weighted by molar-refractivity contribution is 0.306. The third kappa shape index (κ3) is 6.08. The van der Waals surface area contributed by atoms with Crippen molar-refractivity contribution in [1.82, 2.24) is 9.78 Å². The van der Waals surface area contributed by atoms with E-state index in [0.717, 1.165) is 24.3 Å². The van der Waals surface area contributed by atoms with Gasteiger partial charge in [-0.2, -0.15) is 14.9 Å². The molecule has 31 heavy (non-hydrogen) atoms. The Hall–Kier alpha value is -3.32. The molecule has 1 N–H and O–H groups in total. The van der Waals surface area contributed by atoms with E-state index in [1.165, 1.54) is 23.7 Å². The van der Waals surface area contributed by atoms with E-state index in [0.29, 0.717) is 17.1 Å². The standard InChI is InChI=1S/C23H25ClN4O3/c1-3-4-5-14-31-20-10-6-17(7-11-20)15-25-27-21-16-26-28(23(29)22(21)24)18-8-12-19(30-2)13-9-18/h6-13,15-16,27H,3-5,14H2,1-2H3/b25-15-. The molecule has 3 rings (SSSR count). The van der Waals surface area contributed by atoms with Crippen molar-refractivity contribution in [2.45, 2.75) is 26.2 Å². The zero-order valence-corrected chi connectivity index (χ0v) is 18.3. The van der Waals surface area contributed by atoms with Crippen molar-refractivity contribution >= 4 is 23.5 Å². The third-order valence-corrected chi connectivity index (χ3v) is 4.90. The van der Waals surface area contributed by atoms with Crippen LogP contribution in [-0.4, -0.2) is 29.7 Å². The number of unbranched alkanes of at least 4 members (excludes halogenated alkanes) is 2. The summed E-state index contributed by atoms with van der Waals surface area (Å²) in [7, 11) is 1.58. The van der Waals surface area contributed by atoms with Crippen LogP contribution in [0.1, 0.15) is 31.7 Å². The van der Waals surface area contributed by atoms with E-state index in [4.69, 9.17) is 21.1 Å². The maximum Gasteiger partial charge on any atom is 0.292 e. The van der Waals surface area contributed by atoms with Crippen LogP contribution in [0.2, 0.25) is 5.02 Å². The second kappa shape index (κ2) is 11.2. The Morgan fingerprint density at radius 3 is 2.48 bits per heavy atom. The molecule has 1 aromatic heterocycles. The normalized spacial score (nSPS) is 10.9. The monoisotopic (exact) mass is 440 g/mol. The van der Waals surface area contributed by atoms with Crippen molar-refractivity contribution in [3.63, 3.8) is 0 Å². The second-order valence-electron chi connectivity index (χ2n) is 6.78. The van der Waals surface area contributed by atoms with Crippen LogP contribution in [0.3, 0.4) is 0 Å². The Balaban J connectivity index is 1.63. The Morgan fingerprint density at radius 1 is 1.10 bits per heavy atom. The van der Waals surface area contributed by atoms with Crippen LogP contribution >= 0.6 is 11.6 Å². The van der Waals surface area contributed by atoms with Gasteiger partial charge in [-0.25, -0.2) is 0 Å². The third-order valence-electron chi connectivity index (χ3n) is 4.53. The summed E-state index contributed by atoms with van der Waals surface area (Å²) in [5.74, 6) is 1.52. The minimum Gasteiger partial charge on any atom is -0.497 e. The average Bonchev–Trinajstić information content (AvgIpc) is 2.81. The maximum absolute atomic E-state index is 12.6. The molecule has 0 atom stereocenters. The lowest BCUT2D eigenvalue weighted by atomic mass is 10.2. The molecule has 3 aromatic rings. The molecule has 0 unspecified atom stereocenters. The first kappa shape index (κ1) is 22.4. The van der Waals surface area contributed by atoms with E-state index in [9.17, 15) is 4.79 Å². The first-order valence-corrected chi connectivity index (χ1v) is 10.4. The minimum atomic E-state index is -0.448. The zero-order valence-electron chi connectivity index (χ0n) is 17.5. The number of ether oxygens (including phenoxy) is 2. The number of benzene rings is 2. The van der Waals surface area contributed by atoms with Crippen LogP contribution in [0.15, 0.2) is 64.6 Å². The molecular formula is C23H25ClN4O3. The number of aromatic nitrogens is 2. The first-order chi connectivity index (χ1) is 15.1. The highest BCUT2D eigenvalue weighted by molar-refractivity contribution is 6.32. The molecule has 0 aliphatic heterocycles. The van der Waals surface area contributed by atoms with Crippen LogP contribution in [0, 0.1) is 0 Å². The Bertz CT molecular complexity index is 1060. The second-order valence-corrected chi connectivity index (χ2v) is 7.16. The molecule has 0 bridgehead atoms. The highest BCUT2D eigenvalue weighted by Crippen LogP contribution is 2.18.